The fourth-order valence-electron chi connectivity index (χ4n) is 2.63. The van der Waals surface area contributed by atoms with Crippen molar-refractivity contribution in [2.45, 2.75) is 0 Å². The first kappa shape index (κ1) is 16.8. The van der Waals surface area contributed by atoms with Gasteiger partial charge in [-0.2, -0.15) is 0 Å². The van der Waals surface area contributed by atoms with Crippen molar-refractivity contribution in [1.29, 1.82) is 0 Å². The van der Waals surface area contributed by atoms with Crippen LogP contribution in [0.25, 0.3) is 11.1 Å². The third-order valence-corrected chi connectivity index (χ3v) is 3.81. The van der Waals surface area contributed by atoms with Crippen LogP contribution in [0.15, 0.2) is 48.6 Å². The van der Waals surface area contributed by atoms with Gasteiger partial charge in [-0.15, -0.1) is 0 Å². The van der Waals surface area contributed by atoms with Crippen LogP contribution in [0.5, 0.6) is 0 Å². The lowest BCUT2D eigenvalue weighted by Gasteiger charge is -2.18. The molecule has 0 fully saturated rings. The van der Waals surface area contributed by atoms with E-state index in [0.717, 1.165) is 29.2 Å². The molecule has 1 aliphatic heterocycles. The molecule has 2 N–H and O–H groups in total. The lowest BCUT2D eigenvalue weighted by Crippen LogP contribution is -2.30. The maximum Gasteiger partial charge on any atom is 0.284 e. The van der Waals surface area contributed by atoms with E-state index < -0.39 is 33.0 Å². The van der Waals surface area contributed by atoms with E-state index >= 15 is 0 Å². The van der Waals surface area contributed by atoms with Crippen molar-refractivity contribution in [2.24, 2.45) is 0 Å². The topological polar surface area (TPSA) is 150 Å². The number of hydrogen-bond donors (Lipinski definition) is 1. The minimum Gasteiger partial charge on any atom is -0.397 e. The Hall–Kier alpha value is -4.08. The van der Waals surface area contributed by atoms with Crippen LogP contribution < -0.4 is 10.6 Å². The lowest BCUT2D eigenvalue weighted by atomic mass is 10.00. The average Bonchev–Trinajstić information content (AvgIpc) is 2.93. The fourth-order valence-corrected chi connectivity index (χ4v) is 2.63. The number of anilines is 2. The van der Waals surface area contributed by atoms with Crippen LogP contribution in [-0.2, 0) is 9.59 Å². The average molecular weight is 354 g/mol. The summed E-state index contributed by atoms with van der Waals surface area (Å²) in [6.45, 7) is 0. The number of nitrogens with two attached hydrogens (primary N) is 1. The van der Waals surface area contributed by atoms with Crippen LogP contribution in [0.2, 0.25) is 0 Å². The van der Waals surface area contributed by atoms with E-state index in [9.17, 15) is 29.8 Å². The molecule has 0 bridgehead atoms. The molecule has 2 aromatic carbocycles. The summed E-state index contributed by atoms with van der Waals surface area (Å²) in [5, 5.41) is 22.2. The second-order valence-electron chi connectivity index (χ2n) is 5.30. The second-order valence-corrected chi connectivity index (χ2v) is 5.30. The molecule has 1 heterocycles. The van der Waals surface area contributed by atoms with Gasteiger partial charge in [0.15, 0.2) is 0 Å². The minimum absolute atomic E-state index is 0.0325. The van der Waals surface area contributed by atoms with Crippen molar-refractivity contribution >= 4 is 34.6 Å². The Bertz CT molecular complexity index is 996. The van der Waals surface area contributed by atoms with Gasteiger partial charge in [0.1, 0.15) is 0 Å². The molecule has 0 saturated heterocycles. The summed E-state index contributed by atoms with van der Waals surface area (Å²) in [6.07, 6.45) is 2.17. The predicted molar refractivity (Wildman–Crippen MR) is 91.2 cm³/mol. The summed E-state index contributed by atoms with van der Waals surface area (Å²) in [4.78, 5) is 45.3. The molecular formula is C16H10N4O6. The van der Waals surface area contributed by atoms with Gasteiger partial charge in [0.2, 0.25) is 0 Å². The Morgan fingerprint density at radius 2 is 1.54 bits per heavy atom. The Kier molecular flexibility index (Phi) is 3.93. The molecule has 26 heavy (non-hydrogen) atoms. The molecule has 0 radical (unpaired) electrons. The number of non-ortho nitro benzene ring substituents is 1. The molecule has 10 heteroatoms. The SMILES string of the molecule is Nc1c(-c2ccc([N+](=O)[O-])cc2[N+](=O)[O-])cccc1N1C(=O)C=CC1=O. The highest BCUT2D eigenvalue weighted by Crippen LogP contribution is 2.40. The largest absolute Gasteiger partial charge is 0.397 e. The zero-order chi connectivity index (χ0) is 19.0. The molecule has 0 aromatic heterocycles. The maximum atomic E-state index is 11.9. The van der Waals surface area contributed by atoms with E-state index in [0.29, 0.717) is 0 Å². The third-order valence-electron chi connectivity index (χ3n) is 3.81. The Balaban J connectivity index is 2.18. The number of amides is 2. The normalized spacial score (nSPS) is 13.3. The predicted octanol–water partition coefficient (Wildman–Crippen LogP) is 2.18. The van der Waals surface area contributed by atoms with E-state index in [1.54, 1.807) is 0 Å². The molecule has 0 unspecified atom stereocenters. The van der Waals surface area contributed by atoms with Crippen LogP contribution in [0, 0.1) is 20.2 Å². The molecule has 0 spiro atoms. The zero-order valence-electron chi connectivity index (χ0n) is 13.0. The van der Waals surface area contributed by atoms with Gasteiger partial charge in [0.05, 0.1) is 32.9 Å². The molecule has 1 aliphatic rings. The standard InChI is InChI=1S/C16H10N4O6/c17-16-11(2-1-3-12(16)18-14(21)6-7-15(18)22)10-5-4-9(19(23)24)8-13(10)20(25)26/h1-8H,17H2. The number of carbonyl (C=O) groups excluding carboxylic acids is 2. The quantitative estimate of drug-likeness (QED) is 0.382. The molecule has 0 aliphatic carbocycles. The van der Waals surface area contributed by atoms with E-state index in [2.05, 4.69) is 0 Å². The van der Waals surface area contributed by atoms with Gasteiger partial charge in [0.25, 0.3) is 23.2 Å². The number of nitro groups is 2. The van der Waals surface area contributed by atoms with Crippen molar-refractivity contribution in [3.63, 3.8) is 0 Å². The summed E-state index contributed by atoms with van der Waals surface area (Å²) < 4.78 is 0. The number of para-hydroxylation sites is 1. The van der Waals surface area contributed by atoms with Crippen molar-refractivity contribution < 1.29 is 19.4 Å². The van der Waals surface area contributed by atoms with Crippen LogP contribution in [-0.4, -0.2) is 21.7 Å². The first-order valence-corrected chi connectivity index (χ1v) is 7.19. The van der Waals surface area contributed by atoms with Crippen LogP contribution in [0.1, 0.15) is 0 Å². The number of carbonyl (C=O) groups is 2. The highest BCUT2D eigenvalue weighted by atomic mass is 16.6. The van der Waals surface area contributed by atoms with E-state index in [4.69, 9.17) is 5.73 Å². The highest BCUT2D eigenvalue weighted by Gasteiger charge is 2.29. The first-order chi connectivity index (χ1) is 12.3. The monoisotopic (exact) mass is 354 g/mol. The van der Waals surface area contributed by atoms with Crippen LogP contribution >= 0.6 is 0 Å². The molecule has 10 nitrogen and oxygen atoms in total. The lowest BCUT2D eigenvalue weighted by molar-refractivity contribution is -0.393. The fraction of sp³-hybridized carbons (Fsp3) is 0. The van der Waals surface area contributed by atoms with Crippen molar-refractivity contribution in [3.05, 3.63) is 68.8 Å². The van der Waals surface area contributed by atoms with Crippen molar-refractivity contribution in [1.82, 2.24) is 0 Å². The van der Waals surface area contributed by atoms with Gasteiger partial charge in [-0.1, -0.05) is 12.1 Å². The number of nitro benzene ring substituents is 2. The Morgan fingerprint density at radius 3 is 2.12 bits per heavy atom. The van der Waals surface area contributed by atoms with E-state index in [1.807, 2.05) is 0 Å². The van der Waals surface area contributed by atoms with Gasteiger partial charge in [-0.3, -0.25) is 29.8 Å². The van der Waals surface area contributed by atoms with Gasteiger partial charge in [-0.25, -0.2) is 4.90 Å². The number of rotatable bonds is 4. The van der Waals surface area contributed by atoms with Crippen LogP contribution in [0.3, 0.4) is 0 Å². The summed E-state index contributed by atoms with van der Waals surface area (Å²) in [5.41, 5.74) is 5.36. The van der Waals surface area contributed by atoms with Gasteiger partial charge in [-0.05, 0) is 12.1 Å². The number of benzene rings is 2. The Labute approximate surface area is 145 Å². The number of nitrogen functional groups attached to an aromatic ring is 1. The number of imide groups is 1. The molecular weight excluding hydrogens is 344 g/mol. The van der Waals surface area contributed by atoms with E-state index in [-0.39, 0.29) is 22.5 Å². The molecule has 130 valence electrons. The summed E-state index contributed by atoms with van der Waals surface area (Å²) in [6, 6.07) is 7.52. The summed E-state index contributed by atoms with van der Waals surface area (Å²) in [5.74, 6) is -1.17. The highest BCUT2D eigenvalue weighted by molar-refractivity contribution is 6.29. The molecule has 2 aromatic rings. The van der Waals surface area contributed by atoms with E-state index in [1.165, 1.54) is 24.3 Å². The smallest absolute Gasteiger partial charge is 0.284 e. The number of hydrogen-bond acceptors (Lipinski definition) is 7. The van der Waals surface area contributed by atoms with Crippen LogP contribution in [0.4, 0.5) is 22.7 Å². The van der Waals surface area contributed by atoms with Gasteiger partial charge < -0.3 is 5.73 Å². The van der Waals surface area contributed by atoms with Gasteiger partial charge in [0, 0.05) is 23.8 Å². The van der Waals surface area contributed by atoms with Crippen molar-refractivity contribution in [2.75, 3.05) is 10.6 Å². The first-order valence-electron chi connectivity index (χ1n) is 7.19. The zero-order valence-corrected chi connectivity index (χ0v) is 13.0. The molecule has 3 rings (SSSR count). The molecule has 2 amide bonds. The molecule has 0 atom stereocenters. The third kappa shape index (κ3) is 2.65. The van der Waals surface area contributed by atoms with Gasteiger partial charge >= 0.3 is 0 Å². The number of nitrogens with zero attached hydrogens (tertiary/aromatic N) is 3. The van der Waals surface area contributed by atoms with Crippen molar-refractivity contribution in [3.8, 4) is 11.1 Å². The minimum atomic E-state index is -0.762. The molecule has 0 saturated carbocycles. The second kappa shape index (κ2) is 6.09. The summed E-state index contributed by atoms with van der Waals surface area (Å²) >= 11 is 0. The summed E-state index contributed by atoms with van der Waals surface area (Å²) in [7, 11) is 0. The Morgan fingerprint density at radius 1 is 0.885 bits per heavy atom. The maximum absolute atomic E-state index is 11.9.